The largest absolute Gasteiger partial charge is 0.479 e. The maximum atomic E-state index is 13.0. The number of thioether (sulfide) groups is 1. The summed E-state index contributed by atoms with van der Waals surface area (Å²) in [5.41, 5.74) is 3.69. The number of β-lactam (4-membered cyclic amide) rings is 1. The van der Waals surface area contributed by atoms with Gasteiger partial charge in [0.25, 0.3) is 23.2 Å². The van der Waals surface area contributed by atoms with E-state index in [4.69, 9.17) is 10.8 Å². The number of carboxylic acid groups (broad SMARTS) is 2. The molecule has 4 rings (SSSR count). The van der Waals surface area contributed by atoms with Gasteiger partial charge in [-0.05, 0) is 17.7 Å². The van der Waals surface area contributed by atoms with Gasteiger partial charge >= 0.3 is 11.9 Å². The van der Waals surface area contributed by atoms with Crippen LogP contribution >= 0.6 is 23.1 Å². The van der Waals surface area contributed by atoms with Gasteiger partial charge in [-0.2, -0.15) is 0 Å². The summed E-state index contributed by atoms with van der Waals surface area (Å²) in [5.74, 6) is -4.56. The van der Waals surface area contributed by atoms with Gasteiger partial charge in [-0.25, -0.2) is 14.6 Å². The fourth-order valence-corrected chi connectivity index (χ4v) is 5.73. The zero-order chi connectivity index (χ0) is 30.7. The highest BCUT2D eigenvalue weighted by molar-refractivity contribution is 8.00. The fourth-order valence-electron chi connectivity index (χ4n) is 3.87. The quantitative estimate of drug-likeness (QED) is 0.117. The molecule has 2 aliphatic heterocycles. The number of carbonyl (C=O) groups excluding carboxylic acids is 2. The Hall–Kier alpha value is -5.37. The molecule has 2 aliphatic rings. The van der Waals surface area contributed by atoms with Crippen LogP contribution in [-0.2, 0) is 24.0 Å². The third kappa shape index (κ3) is 6.02. The third-order valence-corrected chi connectivity index (χ3v) is 7.67. The number of hydrogen-bond acceptors (Lipinski definition) is 14. The predicted octanol–water partition coefficient (Wildman–Crippen LogP) is 0.799. The molecule has 5 N–H and O–H groups in total. The van der Waals surface area contributed by atoms with Crippen molar-refractivity contribution in [2.24, 2.45) is 5.16 Å². The van der Waals surface area contributed by atoms with Crippen LogP contribution in [0.4, 0.5) is 16.5 Å². The van der Waals surface area contributed by atoms with Crippen molar-refractivity contribution < 1.29 is 44.1 Å². The number of benzene rings is 1. The summed E-state index contributed by atoms with van der Waals surface area (Å²) in [5, 5.41) is 47.6. The summed E-state index contributed by atoms with van der Waals surface area (Å²) >= 11 is 2.06. The Morgan fingerprint density at radius 3 is 2.57 bits per heavy atom. The zero-order valence-corrected chi connectivity index (χ0v) is 22.4. The number of carboxylic acids is 2. The highest BCUT2D eigenvalue weighted by Gasteiger charge is 2.54. The van der Waals surface area contributed by atoms with Crippen molar-refractivity contribution in [3.05, 3.63) is 72.4 Å². The van der Waals surface area contributed by atoms with E-state index < -0.39 is 74.4 Å². The van der Waals surface area contributed by atoms with E-state index in [-0.39, 0.29) is 27.7 Å². The second-order valence-corrected chi connectivity index (χ2v) is 10.3. The summed E-state index contributed by atoms with van der Waals surface area (Å²) in [6.45, 7) is -0.864. The average Bonchev–Trinajstić information content (AvgIpc) is 3.37. The van der Waals surface area contributed by atoms with Gasteiger partial charge in [0.2, 0.25) is 6.61 Å². The molecule has 0 saturated carbocycles. The molecule has 218 valence electrons. The number of non-ortho nitro benzene ring substituents is 1. The van der Waals surface area contributed by atoms with Crippen LogP contribution < -0.4 is 11.1 Å². The summed E-state index contributed by atoms with van der Waals surface area (Å²) in [7, 11) is 0. The fraction of sp³-hybridized carbons (Fsp3) is 0.182. The number of rotatable bonds is 11. The van der Waals surface area contributed by atoms with Gasteiger partial charge in [0.1, 0.15) is 22.8 Å². The molecule has 0 radical (unpaired) electrons. The number of aromatic nitrogens is 1. The Morgan fingerprint density at radius 2 is 1.98 bits per heavy atom. The molecule has 1 unspecified atom stereocenters. The second-order valence-electron chi connectivity index (χ2n) is 8.31. The molecular formula is C22H17N7O11S2. The molecule has 3 heterocycles. The average molecular weight is 620 g/mol. The number of nitro groups is 2. The van der Waals surface area contributed by atoms with E-state index in [0.29, 0.717) is 0 Å². The lowest BCUT2D eigenvalue weighted by Crippen LogP contribution is -2.71. The summed E-state index contributed by atoms with van der Waals surface area (Å²) in [4.78, 5) is 79.2. The van der Waals surface area contributed by atoms with Crippen LogP contribution in [0.25, 0.3) is 6.08 Å². The van der Waals surface area contributed by atoms with Crippen molar-refractivity contribution in [2.45, 2.75) is 11.4 Å². The number of anilines is 1. The molecular weight excluding hydrogens is 602 g/mol. The van der Waals surface area contributed by atoms with E-state index >= 15 is 0 Å². The standard InChI is InChI=1S/C22H17N7O11S2/c23-22-24-12(8-42-22)15(26-40-6-14(30)31)18(32)25-16-19(33)27-17(21(34)35)10(7-41-20(16)27)2-1-9-3-4-11(28(36)37)5-13(9)29(38)39/h1-5,8,16,20H,6-7H2,(H2,23,24)(H,25,32)(H,30,31)(H,34,35)/t16?,20-/m1/s1. The molecule has 0 aliphatic carbocycles. The number of aliphatic carboxylic acids is 2. The topological polar surface area (TPSA) is 271 Å². The maximum absolute atomic E-state index is 13.0. The van der Waals surface area contributed by atoms with Crippen molar-refractivity contribution in [2.75, 3.05) is 18.1 Å². The summed E-state index contributed by atoms with van der Waals surface area (Å²) in [6, 6.07) is 1.77. The van der Waals surface area contributed by atoms with Crippen molar-refractivity contribution in [1.82, 2.24) is 15.2 Å². The number of carbonyl (C=O) groups is 4. The summed E-state index contributed by atoms with van der Waals surface area (Å²) < 4.78 is 0. The van der Waals surface area contributed by atoms with Crippen molar-refractivity contribution in [1.29, 1.82) is 0 Å². The number of nitrogens with one attached hydrogen (secondary N) is 1. The van der Waals surface area contributed by atoms with Crippen LogP contribution in [0.15, 0.2) is 46.1 Å². The van der Waals surface area contributed by atoms with E-state index in [1.807, 2.05) is 0 Å². The number of nitrogens with two attached hydrogens (primary N) is 1. The summed E-state index contributed by atoms with van der Waals surface area (Å²) in [6.07, 6.45) is 2.47. The van der Waals surface area contributed by atoms with Gasteiger partial charge in [0.05, 0.1) is 21.5 Å². The first kappa shape index (κ1) is 29.6. The Labute approximate surface area is 241 Å². The number of nitrogens with zero attached hydrogens (tertiary/aromatic N) is 5. The number of oxime groups is 1. The normalized spacial score (nSPS) is 18.3. The van der Waals surface area contributed by atoms with Crippen LogP contribution in [0.5, 0.6) is 0 Å². The van der Waals surface area contributed by atoms with E-state index in [0.717, 1.165) is 46.2 Å². The van der Waals surface area contributed by atoms with Crippen molar-refractivity contribution >= 4 is 75.1 Å². The first-order valence-electron chi connectivity index (χ1n) is 11.3. The highest BCUT2D eigenvalue weighted by Crippen LogP contribution is 2.41. The lowest BCUT2D eigenvalue weighted by Gasteiger charge is -2.49. The first-order chi connectivity index (χ1) is 19.9. The maximum Gasteiger partial charge on any atom is 0.352 e. The van der Waals surface area contributed by atoms with E-state index in [1.165, 1.54) is 17.5 Å². The zero-order valence-electron chi connectivity index (χ0n) is 20.7. The third-order valence-electron chi connectivity index (χ3n) is 5.70. The van der Waals surface area contributed by atoms with Gasteiger partial charge < -0.3 is 26.1 Å². The second kappa shape index (κ2) is 12.0. The Bertz CT molecular complexity index is 1620. The number of hydrogen-bond donors (Lipinski definition) is 4. The first-order valence-corrected chi connectivity index (χ1v) is 13.3. The molecule has 1 aromatic heterocycles. The smallest absolute Gasteiger partial charge is 0.352 e. The van der Waals surface area contributed by atoms with Gasteiger partial charge in [-0.15, -0.1) is 23.1 Å². The molecule has 42 heavy (non-hydrogen) atoms. The molecule has 20 heteroatoms. The van der Waals surface area contributed by atoms with Crippen LogP contribution in [0, 0.1) is 20.2 Å². The lowest BCUT2D eigenvalue weighted by atomic mass is 10.0. The Balaban J connectivity index is 1.57. The van der Waals surface area contributed by atoms with Crippen LogP contribution in [-0.4, -0.2) is 83.2 Å². The minimum absolute atomic E-state index is 0.0189. The molecule has 2 amide bonds. The number of nitrogen functional groups attached to an aromatic ring is 1. The lowest BCUT2D eigenvalue weighted by molar-refractivity contribution is -0.394. The SMILES string of the molecule is Nc1nc(C(=NOCC(=O)O)C(=O)NC2C(=O)N3C(C(=O)O)=C(C=Cc4ccc([N+](=O)[O-])cc4[N+](=O)[O-])CS[C@H]23)cs1. The number of thiazole rings is 1. The molecule has 2 aromatic rings. The highest BCUT2D eigenvalue weighted by atomic mass is 32.2. The number of allylic oxidation sites excluding steroid dienone is 1. The van der Waals surface area contributed by atoms with Gasteiger partial charge in [-0.3, -0.25) is 34.7 Å². The predicted molar refractivity (Wildman–Crippen MR) is 145 cm³/mol. The van der Waals surface area contributed by atoms with Gasteiger partial charge in [0, 0.05) is 17.2 Å². The molecule has 1 fully saturated rings. The van der Waals surface area contributed by atoms with Crippen LogP contribution in [0.2, 0.25) is 0 Å². The molecule has 1 saturated heterocycles. The Morgan fingerprint density at radius 1 is 1.24 bits per heavy atom. The molecule has 0 bridgehead atoms. The van der Waals surface area contributed by atoms with Gasteiger partial charge in [-0.1, -0.05) is 11.2 Å². The number of amides is 2. The minimum atomic E-state index is -1.47. The van der Waals surface area contributed by atoms with Crippen LogP contribution in [0.3, 0.4) is 0 Å². The molecule has 0 spiro atoms. The number of nitro benzene ring substituents is 2. The van der Waals surface area contributed by atoms with Crippen molar-refractivity contribution in [3.8, 4) is 0 Å². The molecule has 2 atom stereocenters. The minimum Gasteiger partial charge on any atom is -0.479 e. The monoisotopic (exact) mass is 619 g/mol. The van der Waals surface area contributed by atoms with Crippen molar-refractivity contribution in [3.63, 3.8) is 0 Å². The molecule has 18 nitrogen and oxygen atoms in total. The van der Waals surface area contributed by atoms with E-state index in [2.05, 4.69) is 20.3 Å². The number of fused-ring (bicyclic) bond motifs is 1. The van der Waals surface area contributed by atoms with E-state index in [9.17, 15) is 44.5 Å². The Kier molecular flexibility index (Phi) is 8.47. The van der Waals surface area contributed by atoms with Gasteiger partial charge in [0.15, 0.2) is 10.8 Å². The molecule has 1 aromatic carbocycles. The van der Waals surface area contributed by atoms with Crippen LogP contribution in [0.1, 0.15) is 11.3 Å². The van der Waals surface area contributed by atoms with E-state index in [1.54, 1.807) is 0 Å².